The highest BCUT2D eigenvalue weighted by atomic mass is 35.5. The Kier molecular flexibility index (Phi) is 3.47. The van der Waals surface area contributed by atoms with Crippen molar-refractivity contribution in [3.63, 3.8) is 0 Å². The lowest BCUT2D eigenvalue weighted by Gasteiger charge is -2.22. The molecular formula is C14H19ClO3. The first-order chi connectivity index (χ1) is 8.44. The molecule has 0 radical (unpaired) electrons. The van der Waals surface area contributed by atoms with E-state index in [0.717, 1.165) is 24.0 Å². The number of halogens is 1. The zero-order valence-corrected chi connectivity index (χ0v) is 12.0. The summed E-state index contributed by atoms with van der Waals surface area (Å²) in [5.74, 6) is 1.33. The average molecular weight is 271 g/mol. The molecule has 0 aromatic heterocycles. The maximum atomic E-state index is 10.4. The lowest BCUT2D eigenvalue weighted by molar-refractivity contribution is 0.149. The second-order valence-electron chi connectivity index (χ2n) is 5.07. The van der Waals surface area contributed by atoms with Gasteiger partial charge in [0.1, 0.15) is 0 Å². The van der Waals surface area contributed by atoms with Crippen LogP contribution >= 0.6 is 11.6 Å². The molecule has 0 saturated heterocycles. The zero-order chi connectivity index (χ0) is 13.5. The molecule has 0 spiro atoms. The van der Waals surface area contributed by atoms with Crippen LogP contribution in [-0.2, 0) is 5.60 Å². The summed E-state index contributed by atoms with van der Waals surface area (Å²) in [5.41, 5.74) is 1.09. The fourth-order valence-corrected chi connectivity index (χ4v) is 2.79. The van der Waals surface area contributed by atoms with Crippen LogP contribution in [0.4, 0.5) is 0 Å². The van der Waals surface area contributed by atoms with Crippen molar-refractivity contribution < 1.29 is 14.6 Å². The molecule has 1 fully saturated rings. The Morgan fingerprint density at radius 1 is 1.28 bits per heavy atom. The summed E-state index contributed by atoms with van der Waals surface area (Å²) in [4.78, 5) is 0. The molecule has 18 heavy (non-hydrogen) atoms. The molecule has 0 unspecified atom stereocenters. The van der Waals surface area contributed by atoms with Crippen molar-refractivity contribution in [1.82, 2.24) is 0 Å². The van der Waals surface area contributed by atoms with Crippen LogP contribution in [0, 0.1) is 0 Å². The van der Waals surface area contributed by atoms with Gasteiger partial charge in [0, 0.05) is 0 Å². The Morgan fingerprint density at radius 3 is 2.28 bits per heavy atom. The smallest absolute Gasteiger partial charge is 0.179 e. The molecule has 100 valence electrons. The molecule has 1 aliphatic carbocycles. The van der Waals surface area contributed by atoms with E-state index >= 15 is 0 Å². The van der Waals surface area contributed by atoms with Gasteiger partial charge in [0.05, 0.1) is 24.8 Å². The van der Waals surface area contributed by atoms with Gasteiger partial charge in [-0.1, -0.05) is 25.4 Å². The molecule has 1 aromatic rings. The topological polar surface area (TPSA) is 38.7 Å². The van der Waals surface area contributed by atoms with Gasteiger partial charge < -0.3 is 14.6 Å². The summed E-state index contributed by atoms with van der Waals surface area (Å²) in [6.45, 7) is 4.12. The molecule has 0 bridgehead atoms. The van der Waals surface area contributed by atoms with Crippen LogP contribution in [0.25, 0.3) is 0 Å². The summed E-state index contributed by atoms with van der Waals surface area (Å²) in [7, 11) is 3.14. The standard InChI is InChI=1S/C14H19ClO3/c1-8(2)11-9(14(16)5-6-14)7-10(17-3)13(18-4)12(11)15/h7-8,16H,5-6H2,1-4H3. The zero-order valence-electron chi connectivity index (χ0n) is 11.2. The molecule has 0 amide bonds. The quantitative estimate of drug-likeness (QED) is 0.911. The average Bonchev–Trinajstić information content (AvgIpc) is 3.06. The Balaban J connectivity index is 2.68. The number of aliphatic hydroxyl groups is 1. The van der Waals surface area contributed by atoms with Crippen LogP contribution in [0.3, 0.4) is 0 Å². The molecule has 4 heteroatoms. The molecule has 1 saturated carbocycles. The van der Waals surface area contributed by atoms with E-state index in [1.54, 1.807) is 14.2 Å². The molecule has 3 nitrogen and oxygen atoms in total. The number of hydrogen-bond donors (Lipinski definition) is 1. The van der Waals surface area contributed by atoms with Gasteiger partial charge >= 0.3 is 0 Å². The number of rotatable bonds is 4. The second-order valence-corrected chi connectivity index (χ2v) is 5.45. The van der Waals surface area contributed by atoms with Crippen molar-refractivity contribution in [3.8, 4) is 11.5 Å². The van der Waals surface area contributed by atoms with E-state index in [1.807, 2.05) is 6.07 Å². The van der Waals surface area contributed by atoms with E-state index in [1.165, 1.54) is 0 Å². The van der Waals surface area contributed by atoms with Crippen LogP contribution in [0.15, 0.2) is 6.07 Å². The minimum absolute atomic E-state index is 0.219. The second kappa shape index (κ2) is 4.63. The molecule has 0 heterocycles. The van der Waals surface area contributed by atoms with E-state index in [2.05, 4.69) is 13.8 Å². The molecule has 2 rings (SSSR count). The van der Waals surface area contributed by atoms with Crippen LogP contribution < -0.4 is 9.47 Å². The fraction of sp³-hybridized carbons (Fsp3) is 0.571. The third-order valence-electron chi connectivity index (χ3n) is 3.45. The molecule has 1 N–H and O–H groups in total. The molecule has 0 atom stereocenters. The third-order valence-corrected chi connectivity index (χ3v) is 3.83. The molecular weight excluding hydrogens is 252 g/mol. The number of benzene rings is 1. The monoisotopic (exact) mass is 270 g/mol. The van der Waals surface area contributed by atoms with Gasteiger partial charge in [-0.2, -0.15) is 0 Å². The number of ether oxygens (including phenoxy) is 2. The Hall–Kier alpha value is -0.930. The van der Waals surface area contributed by atoms with Crippen molar-refractivity contribution in [2.75, 3.05) is 14.2 Å². The van der Waals surface area contributed by atoms with Gasteiger partial charge in [-0.3, -0.25) is 0 Å². The largest absolute Gasteiger partial charge is 0.493 e. The lowest BCUT2D eigenvalue weighted by Crippen LogP contribution is -2.11. The highest BCUT2D eigenvalue weighted by Crippen LogP contribution is 2.53. The van der Waals surface area contributed by atoms with Crippen LogP contribution in [0.2, 0.25) is 5.02 Å². The summed E-state index contributed by atoms with van der Waals surface area (Å²) in [6, 6.07) is 1.85. The van der Waals surface area contributed by atoms with Crippen molar-refractivity contribution in [1.29, 1.82) is 0 Å². The van der Waals surface area contributed by atoms with Gasteiger partial charge in [0.25, 0.3) is 0 Å². The van der Waals surface area contributed by atoms with Gasteiger partial charge in [0.2, 0.25) is 0 Å². The summed E-state index contributed by atoms with van der Waals surface area (Å²) in [5, 5.41) is 10.9. The van der Waals surface area contributed by atoms with Gasteiger partial charge in [-0.05, 0) is 36.0 Å². The molecule has 0 aliphatic heterocycles. The van der Waals surface area contributed by atoms with Crippen LogP contribution in [0.5, 0.6) is 11.5 Å². The maximum Gasteiger partial charge on any atom is 0.179 e. The predicted molar refractivity (Wildman–Crippen MR) is 71.8 cm³/mol. The van der Waals surface area contributed by atoms with Crippen molar-refractivity contribution in [2.24, 2.45) is 0 Å². The van der Waals surface area contributed by atoms with Crippen molar-refractivity contribution in [2.45, 2.75) is 38.2 Å². The molecule has 1 aliphatic rings. The van der Waals surface area contributed by atoms with Crippen molar-refractivity contribution >= 4 is 11.6 Å². The normalized spacial score (nSPS) is 16.8. The predicted octanol–water partition coefficient (Wildman–Crippen LogP) is 3.46. The Morgan fingerprint density at radius 2 is 1.89 bits per heavy atom. The minimum Gasteiger partial charge on any atom is -0.493 e. The highest BCUT2D eigenvalue weighted by Gasteiger charge is 2.45. The Labute approximate surface area is 113 Å². The fourth-order valence-electron chi connectivity index (χ4n) is 2.30. The van der Waals surface area contributed by atoms with Gasteiger partial charge in [0.15, 0.2) is 11.5 Å². The van der Waals surface area contributed by atoms with E-state index in [9.17, 15) is 5.11 Å². The number of hydrogen-bond acceptors (Lipinski definition) is 3. The van der Waals surface area contributed by atoms with E-state index in [4.69, 9.17) is 21.1 Å². The number of methoxy groups -OCH3 is 2. The van der Waals surface area contributed by atoms with E-state index in [0.29, 0.717) is 16.5 Å². The highest BCUT2D eigenvalue weighted by molar-refractivity contribution is 6.33. The third kappa shape index (κ3) is 2.06. The van der Waals surface area contributed by atoms with Crippen LogP contribution in [-0.4, -0.2) is 19.3 Å². The first-order valence-electron chi connectivity index (χ1n) is 6.12. The van der Waals surface area contributed by atoms with Gasteiger partial charge in [-0.15, -0.1) is 0 Å². The van der Waals surface area contributed by atoms with Crippen LogP contribution in [0.1, 0.15) is 43.7 Å². The first kappa shape index (κ1) is 13.5. The maximum absolute atomic E-state index is 10.4. The summed E-state index contributed by atoms with van der Waals surface area (Å²) < 4.78 is 10.6. The lowest BCUT2D eigenvalue weighted by atomic mass is 9.92. The SMILES string of the molecule is COc1cc(C2(O)CC2)c(C(C)C)c(Cl)c1OC. The minimum atomic E-state index is -0.733. The van der Waals surface area contributed by atoms with E-state index in [-0.39, 0.29) is 5.92 Å². The summed E-state index contributed by atoms with van der Waals surface area (Å²) in [6.07, 6.45) is 1.55. The molecule has 1 aromatic carbocycles. The van der Waals surface area contributed by atoms with Crippen molar-refractivity contribution in [3.05, 3.63) is 22.2 Å². The van der Waals surface area contributed by atoms with E-state index < -0.39 is 5.60 Å². The first-order valence-corrected chi connectivity index (χ1v) is 6.49. The summed E-state index contributed by atoms with van der Waals surface area (Å²) >= 11 is 6.41. The Bertz CT molecular complexity index is 465. The van der Waals surface area contributed by atoms with Gasteiger partial charge in [-0.25, -0.2) is 0 Å².